The number of anilines is 2. The standard InChI is InChI=1S/C15H25N3/c1-13-9-12-18(11-4-10-16-13)15-7-5-14(6-8-15)17(2)3/h5-8,13,16H,4,9-12H2,1-3H3. The lowest BCUT2D eigenvalue weighted by atomic mass is 10.1. The third-order valence-corrected chi connectivity index (χ3v) is 3.66. The fourth-order valence-corrected chi connectivity index (χ4v) is 2.40. The van der Waals surface area contributed by atoms with Crippen LogP contribution in [0.3, 0.4) is 0 Å². The summed E-state index contributed by atoms with van der Waals surface area (Å²) < 4.78 is 0. The number of hydrogen-bond acceptors (Lipinski definition) is 3. The summed E-state index contributed by atoms with van der Waals surface area (Å²) in [5, 5.41) is 3.55. The second-order valence-electron chi connectivity index (χ2n) is 5.40. The fraction of sp³-hybridized carbons (Fsp3) is 0.600. The highest BCUT2D eigenvalue weighted by atomic mass is 15.1. The maximum absolute atomic E-state index is 3.55. The lowest BCUT2D eigenvalue weighted by Crippen LogP contribution is -2.38. The molecule has 1 heterocycles. The van der Waals surface area contributed by atoms with Gasteiger partial charge in [-0.15, -0.1) is 0 Å². The summed E-state index contributed by atoms with van der Waals surface area (Å²) in [6.07, 6.45) is 2.44. The van der Waals surface area contributed by atoms with E-state index in [2.05, 4.69) is 60.4 Å². The average Bonchev–Trinajstić information content (AvgIpc) is 2.35. The van der Waals surface area contributed by atoms with Crippen LogP contribution in [0.4, 0.5) is 11.4 Å². The molecule has 100 valence electrons. The van der Waals surface area contributed by atoms with E-state index in [4.69, 9.17) is 0 Å². The summed E-state index contributed by atoms with van der Waals surface area (Å²) in [6, 6.07) is 9.53. The van der Waals surface area contributed by atoms with E-state index in [1.54, 1.807) is 0 Å². The van der Waals surface area contributed by atoms with Crippen molar-refractivity contribution in [1.29, 1.82) is 0 Å². The number of benzene rings is 1. The van der Waals surface area contributed by atoms with Crippen LogP contribution >= 0.6 is 0 Å². The van der Waals surface area contributed by atoms with Gasteiger partial charge >= 0.3 is 0 Å². The summed E-state index contributed by atoms with van der Waals surface area (Å²) >= 11 is 0. The highest BCUT2D eigenvalue weighted by Gasteiger charge is 2.12. The lowest BCUT2D eigenvalue weighted by molar-refractivity contribution is 0.475. The Balaban J connectivity index is 2.04. The third kappa shape index (κ3) is 3.39. The Bertz CT molecular complexity index is 359. The van der Waals surface area contributed by atoms with E-state index in [0.29, 0.717) is 6.04 Å². The minimum atomic E-state index is 0.633. The molecule has 0 aromatic heterocycles. The van der Waals surface area contributed by atoms with Gasteiger partial charge in [0.2, 0.25) is 0 Å². The molecule has 3 nitrogen and oxygen atoms in total. The fourth-order valence-electron chi connectivity index (χ4n) is 2.40. The summed E-state index contributed by atoms with van der Waals surface area (Å²) in [5.41, 5.74) is 2.62. The number of hydrogen-bond donors (Lipinski definition) is 1. The largest absolute Gasteiger partial charge is 0.378 e. The molecule has 1 aromatic rings. The molecule has 3 heteroatoms. The normalized spacial score (nSPS) is 21.3. The maximum Gasteiger partial charge on any atom is 0.0367 e. The van der Waals surface area contributed by atoms with E-state index in [1.165, 1.54) is 24.2 Å². The molecule has 1 aliphatic heterocycles. The van der Waals surface area contributed by atoms with Crippen LogP contribution in [0, 0.1) is 0 Å². The molecule has 18 heavy (non-hydrogen) atoms. The van der Waals surface area contributed by atoms with Crippen molar-refractivity contribution in [3.05, 3.63) is 24.3 Å². The van der Waals surface area contributed by atoms with Gasteiger partial charge in [0.15, 0.2) is 0 Å². The van der Waals surface area contributed by atoms with Gasteiger partial charge in [-0.1, -0.05) is 0 Å². The van der Waals surface area contributed by atoms with Crippen LogP contribution in [0.1, 0.15) is 19.8 Å². The van der Waals surface area contributed by atoms with Crippen LogP contribution in [0.2, 0.25) is 0 Å². The molecule has 1 saturated heterocycles. The Labute approximate surface area is 111 Å². The second kappa shape index (κ2) is 6.10. The Kier molecular flexibility index (Phi) is 4.48. The summed E-state index contributed by atoms with van der Waals surface area (Å²) in [5.74, 6) is 0. The topological polar surface area (TPSA) is 18.5 Å². The van der Waals surface area contributed by atoms with E-state index < -0.39 is 0 Å². The molecule has 1 aliphatic rings. The molecule has 0 radical (unpaired) electrons. The molecular formula is C15H25N3. The number of rotatable bonds is 2. The van der Waals surface area contributed by atoms with Crippen molar-refractivity contribution < 1.29 is 0 Å². The first kappa shape index (κ1) is 13.2. The Morgan fingerprint density at radius 3 is 2.56 bits per heavy atom. The van der Waals surface area contributed by atoms with Crippen LogP contribution in [0.5, 0.6) is 0 Å². The van der Waals surface area contributed by atoms with Gasteiger partial charge in [0.1, 0.15) is 0 Å². The van der Waals surface area contributed by atoms with E-state index in [1.807, 2.05) is 0 Å². The van der Waals surface area contributed by atoms with E-state index in [9.17, 15) is 0 Å². The van der Waals surface area contributed by atoms with Gasteiger partial charge in [0, 0.05) is 44.6 Å². The molecule has 0 spiro atoms. The Hall–Kier alpha value is -1.22. The lowest BCUT2D eigenvalue weighted by Gasteiger charge is -2.30. The van der Waals surface area contributed by atoms with Crippen LogP contribution in [0.25, 0.3) is 0 Å². The van der Waals surface area contributed by atoms with Gasteiger partial charge in [0.25, 0.3) is 0 Å². The van der Waals surface area contributed by atoms with Gasteiger partial charge in [-0.3, -0.25) is 0 Å². The van der Waals surface area contributed by atoms with Crippen LogP contribution in [-0.2, 0) is 0 Å². The first-order chi connectivity index (χ1) is 8.66. The highest BCUT2D eigenvalue weighted by molar-refractivity contribution is 5.55. The van der Waals surface area contributed by atoms with Crippen molar-refractivity contribution in [1.82, 2.24) is 5.32 Å². The van der Waals surface area contributed by atoms with E-state index in [-0.39, 0.29) is 0 Å². The predicted molar refractivity (Wildman–Crippen MR) is 79.7 cm³/mol. The minimum Gasteiger partial charge on any atom is -0.378 e. The van der Waals surface area contributed by atoms with Gasteiger partial charge in [-0.25, -0.2) is 0 Å². The molecule has 1 atom stereocenters. The van der Waals surface area contributed by atoms with Crippen molar-refractivity contribution >= 4 is 11.4 Å². The predicted octanol–water partition coefficient (Wildman–Crippen LogP) is 2.33. The van der Waals surface area contributed by atoms with Gasteiger partial charge in [-0.05, 0) is 50.6 Å². The van der Waals surface area contributed by atoms with Gasteiger partial charge in [0.05, 0.1) is 0 Å². The first-order valence-electron chi connectivity index (χ1n) is 6.92. The van der Waals surface area contributed by atoms with E-state index in [0.717, 1.165) is 19.6 Å². The summed E-state index contributed by atoms with van der Waals surface area (Å²) in [4.78, 5) is 4.65. The van der Waals surface area contributed by atoms with Crippen molar-refractivity contribution in [2.24, 2.45) is 0 Å². The van der Waals surface area contributed by atoms with Gasteiger partial charge in [-0.2, -0.15) is 0 Å². The van der Waals surface area contributed by atoms with Crippen molar-refractivity contribution in [3.63, 3.8) is 0 Å². The highest BCUT2D eigenvalue weighted by Crippen LogP contribution is 2.20. The smallest absolute Gasteiger partial charge is 0.0367 e. The molecule has 1 unspecified atom stereocenters. The molecule has 0 aliphatic carbocycles. The molecule has 2 rings (SSSR count). The van der Waals surface area contributed by atoms with Crippen molar-refractivity contribution in [2.75, 3.05) is 43.5 Å². The molecule has 0 saturated carbocycles. The Morgan fingerprint density at radius 2 is 1.89 bits per heavy atom. The molecule has 1 aromatic carbocycles. The molecule has 0 bridgehead atoms. The van der Waals surface area contributed by atoms with Crippen LogP contribution < -0.4 is 15.1 Å². The number of nitrogens with one attached hydrogen (secondary N) is 1. The quantitative estimate of drug-likeness (QED) is 0.865. The van der Waals surface area contributed by atoms with E-state index >= 15 is 0 Å². The van der Waals surface area contributed by atoms with Crippen molar-refractivity contribution in [3.8, 4) is 0 Å². The third-order valence-electron chi connectivity index (χ3n) is 3.66. The van der Waals surface area contributed by atoms with Crippen molar-refractivity contribution in [2.45, 2.75) is 25.8 Å². The van der Waals surface area contributed by atoms with Crippen LogP contribution in [-0.4, -0.2) is 39.8 Å². The number of nitrogens with zero attached hydrogens (tertiary/aromatic N) is 2. The Morgan fingerprint density at radius 1 is 1.17 bits per heavy atom. The summed E-state index contributed by atoms with van der Waals surface area (Å²) in [6.45, 7) is 5.71. The monoisotopic (exact) mass is 247 g/mol. The molecule has 1 fully saturated rings. The molecule has 0 amide bonds. The zero-order chi connectivity index (χ0) is 13.0. The SMILES string of the molecule is CC1CCN(c2ccc(N(C)C)cc2)CCCN1. The molecular weight excluding hydrogens is 222 g/mol. The zero-order valence-corrected chi connectivity index (χ0v) is 11.8. The van der Waals surface area contributed by atoms with Gasteiger partial charge < -0.3 is 15.1 Å². The first-order valence-corrected chi connectivity index (χ1v) is 6.92. The van der Waals surface area contributed by atoms with Crippen LogP contribution in [0.15, 0.2) is 24.3 Å². The second-order valence-corrected chi connectivity index (χ2v) is 5.40. The summed E-state index contributed by atoms with van der Waals surface area (Å²) in [7, 11) is 4.16. The zero-order valence-electron chi connectivity index (χ0n) is 11.8. The maximum atomic E-state index is 3.55. The minimum absolute atomic E-state index is 0.633. The average molecular weight is 247 g/mol. The molecule has 1 N–H and O–H groups in total.